The topological polar surface area (TPSA) is 79.5 Å². The molecule has 1 aromatic carbocycles. The van der Waals surface area contributed by atoms with Crippen LogP contribution in [0.5, 0.6) is 0 Å². The van der Waals surface area contributed by atoms with Gasteiger partial charge >= 0.3 is 5.97 Å². The van der Waals surface area contributed by atoms with Gasteiger partial charge in [0.05, 0.1) is 6.54 Å². The van der Waals surface area contributed by atoms with E-state index in [9.17, 15) is 9.59 Å². The first kappa shape index (κ1) is 17.8. The van der Waals surface area contributed by atoms with E-state index in [0.717, 1.165) is 5.56 Å². The van der Waals surface area contributed by atoms with Gasteiger partial charge in [0.2, 0.25) is 5.91 Å². The second-order valence-corrected chi connectivity index (χ2v) is 6.25. The first-order valence-corrected chi connectivity index (χ1v) is 8.02. The van der Waals surface area contributed by atoms with Gasteiger partial charge in [-0.3, -0.25) is 4.79 Å². The molecule has 0 fully saturated rings. The fraction of sp³-hybridized carbons (Fsp3) is 0.368. The highest BCUT2D eigenvalue weighted by atomic mass is 16.4. The van der Waals surface area contributed by atoms with Crippen LogP contribution in [-0.4, -0.2) is 17.0 Å². The number of amides is 1. The zero-order chi connectivity index (χ0) is 17.7. The van der Waals surface area contributed by atoms with E-state index in [-0.39, 0.29) is 29.9 Å². The monoisotopic (exact) mass is 329 g/mol. The number of carboxylic acids is 1. The molecule has 0 saturated carbocycles. The smallest absolute Gasteiger partial charge is 0.339 e. The molecule has 5 heteroatoms. The van der Waals surface area contributed by atoms with E-state index in [1.54, 1.807) is 6.92 Å². The average molecular weight is 329 g/mol. The second-order valence-electron chi connectivity index (χ2n) is 6.25. The Morgan fingerprint density at radius 2 is 1.88 bits per heavy atom. The van der Waals surface area contributed by atoms with Gasteiger partial charge in [-0.1, -0.05) is 44.2 Å². The van der Waals surface area contributed by atoms with Gasteiger partial charge in [0.1, 0.15) is 17.1 Å². The zero-order valence-electron chi connectivity index (χ0n) is 14.2. The lowest BCUT2D eigenvalue weighted by atomic mass is 9.88. The zero-order valence-corrected chi connectivity index (χ0v) is 14.2. The van der Waals surface area contributed by atoms with Gasteiger partial charge in [0.15, 0.2) is 0 Å². The lowest BCUT2D eigenvalue weighted by molar-refractivity contribution is -0.126. The Bertz CT molecular complexity index is 703. The van der Waals surface area contributed by atoms with Crippen LogP contribution in [0.2, 0.25) is 0 Å². The standard InChI is InChI=1S/C19H23NO4/c1-12(2)16(9-14-7-5-4-6-8-14)18(21)20-11-15-10-17(19(22)23)13(3)24-15/h4-8,10,12,16H,9,11H2,1-3H3,(H,20,21)(H,22,23). The van der Waals surface area contributed by atoms with Gasteiger partial charge in [0, 0.05) is 5.92 Å². The van der Waals surface area contributed by atoms with E-state index in [1.807, 2.05) is 44.2 Å². The maximum atomic E-state index is 12.5. The molecule has 2 N–H and O–H groups in total. The summed E-state index contributed by atoms with van der Waals surface area (Å²) in [7, 11) is 0. The lowest BCUT2D eigenvalue weighted by Crippen LogP contribution is -2.34. The Morgan fingerprint density at radius 1 is 1.21 bits per heavy atom. The van der Waals surface area contributed by atoms with Crippen molar-refractivity contribution in [3.8, 4) is 0 Å². The fourth-order valence-electron chi connectivity index (χ4n) is 2.65. The summed E-state index contributed by atoms with van der Waals surface area (Å²) in [6.45, 7) is 5.82. The Labute approximate surface area is 141 Å². The number of carboxylic acid groups (broad SMARTS) is 1. The van der Waals surface area contributed by atoms with Gasteiger partial charge < -0.3 is 14.8 Å². The molecule has 0 aliphatic rings. The molecular formula is C19H23NO4. The van der Waals surface area contributed by atoms with Crippen LogP contribution in [0.3, 0.4) is 0 Å². The third-order valence-electron chi connectivity index (χ3n) is 4.08. The third-order valence-corrected chi connectivity index (χ3v) is 4.08. The van der Waals surface area contributed by atoms with Gasteiger partial charge in [-0.05, 0) is 30.9 Å². The predicted octanol–water partition coefficient (Wildman–Crippen LogP) is 3.42. The highest BCUT2D eigenvalue weighted by Crippen LogP contribution is 2.19. The molecule has 0 saturated heterocycles. The highest BCUT2D eigenvalue weighted by Gasteiger charge is 2.23. The maximum Gasteiger partial charge on any atom is 0.339 e. The second kappa shape index (κ2) is 7.81. The number of aryl methyl sites for hydroxylation is 1. The molecule has 0 spiro atoms. The normalized spacial score (nSPS) is 12.2. The van der Waals surface area contributed by atoms with E-state index in [1.165, 1.54) is 6.07 Å². The number of rotatable bonds is 7. The average Bonchev–Trinajstić information content (AvgIpc) is 2.92. The molecule has 2 rings (SSSR count). The van der Waals surface area contributed by atoms with Crippen molar-refractivity contribution in [1.82, 2.24) is 5.32 Å². The van der Waals surface area contributed by atoms with Gasteiger partial charge in [-0.15, -0.1) is 0 Å². The molecule has 0 bridgehead atoms. The lowest BCUT2D eigenvalue weighted by Gasteiger charge is -2.20. The molecule has 1 unspecified atom stereocenters. The van der Waals surface area contributed by atoms with Crippen LogP contribution in [-0.2, 0) is 17.8 Å². The molecule has 0 radical (unpaired) electrons. The fourth-order valence-corrected chi connectivity index (χ4v) is 2.65. The molecule has 1 amide bonds. The van der Waals surface area contributed by atoms with Crippen LogP contribution < -0.4 is 5.32 Å². The number of hydrogen-bond acceptors (Lipinski definition) is 3. The van der Waals surface area contributed by atoms with Crippen molar-refractivity contribution in [2.24, 2.45) is 11.8 Å². The minimum atomic E-state index is -1.03. The molecule has 2 aromatic rings. The summed E-state index contributed by atoms with van der Waals surface area (Å²) in [6.07, 6.45) is 0.669. The van der Waals surface area contributed by atoms with Gasteiger partial charge in [-0.25, -0.2) is 4.79 Å². The van der Waals surface area contributed by atoms with Crippen LogP contribution in [0.1, 0.15) is 41.3 Å². The van der Waals surface area contributed by atoms with Crippen LogP contribution in [0.25, 0.3) is 0 Å². The quantitative estimate of drug-likeness (QED) is 0.816. The highest BCUT2D eigenvalue weighted by molar-refractivity contribution is 5.88. The summed E-state index contributed by atoms with van der Waals surface area (Å²) in [5.41, 5.74) is 1.25. The molecule has 5 nitrogen and oxygen atoms in total. The summed E-state index contributed by atoms with van der Waals surface area (Å²) < 4.78 is 5.39. The largest absolute Gasteiger partial charge is 0.478 e. The van der Waals surface area contributed by atoms with Crippen molar-refractivity contribution in [1.29, 1.82) is 0 Å². The van der Waals surface area contributed by atoms with Crippen molar-refractivity contribution >= 4 is 11.9 Å². The molecule has 1 aromatic heterocycles. The van der Waals surface area contributed by atoms with Crippen molar-refractivity contribution in [2.45, 2.75) is 33.7 Å². The van der Waals surface area contributed by atoms with Crippen LogP contribution >= 0.6 is 0 Å². The molecule has 1 heterocycles. The number of furan rings is 1. The van der Waals surface area contributed by atoms with Crippen molar-refractivity contribution in [2.75, 3.05) is 0 Å². The number of carbonyl (C=O) groups excluding carboxylic acids is 1. The molecule has 0 aliphatic heterocycles. The number of hydrogen-bond donors (Lipinski definition) is 2. The van der Waals surface area contributed by atoms with E-state index < -0.39 is 5.97 Å². The summed E-state index contributed by atoms with van der Waals surface area (Å²) in [5.74, 6) is -0.254. The number of aromatic carboxylic acids is 1. The van der Waals surface area contributed by atoms with Crippen molar-refractivity contribution in [3.63, 3.8) is 0 Å². The third kappa shape index (κ3) is 4.47. The predicted molar refractivity (Wildman–Crippen MR) is 90.7 cm³/mol. The van der Waals surface area contributed by atoms with Crippen LogP contribution in [0.15, 0.2) is 40.8 Å². The number of nitrogens with one attached hydrogen (secondary N) is 1. The van der Waals surface area contributed by atoms with Gasteiger partial charge in [0.25, 0.3) is 0 Å². The first-order valence-electron chi connectivity index (χ1n) is 8.02. The molecular weight excluding hydrogens is 306 g/mol. The maximum absolute atomic E-state index is 12.5. The molecule has 0 aliphatic carbocycles. The summed E-state index contributed by atoms with van der Waals surface area (Å²) >= 11 is 0. The van der Waals surface area contributed by atoms with Gasteiger partial charge in [-0.2, -0.15) is 0 Å². The SMILES string of the molecule is Cc1oc(CNC(=O)C(Cc2ccccc2)C(C)C)cc1C(=O)O. The summed E-state index contributed by atoms with van der Waals surface area (Å²) in [6, 6.07) is 11.4. The van der Waals surface area contributed by atoms with Crippen LogP contribution in [0.4, 0.5) is 0 Å². The summed E-state index contributed by atoms with van der Waals surface area (Å²) in [5, 5.41) is 11.9. The molecule has 128 valence electrons. The van der Waals surface area contributed by atoms with E-state index in [0.29, 0.717) is 17.9 Å². The molecule has 24 heavy (non-hydrogen) atoms. The van der Waals surface area contributed by atoms with Crippen LogP contribution in [0, 0.1) is 18.8 Å². The Balaban J connectivity index is 2.00. The minimum absolute atomic E-state index is 0.0558. The Kier molecular flexibility index (Phi) is 5.79. The molecule has 1 atom stereocenters. The first-order chi connectivity index (χ1) is 11.4. The number of carbonyl (C=O) groups is 2. The Hall–Kier alpha value is -2.56. The van der Waals surface area contributed by atoms with E-state index in [4.69, 9.17) is 9.52 Å². The van der Waals surface area contributed by atoms with Crippen molar-refractivity contribution in [3.05, 3.63) is 59.0 Å². The number of benzene rings is 1. The van der Waals surface area contributed by atoms with E-state index >= 15 is 0 Å². The van der Waals surface area contributed by atoms with Crippen molar-refractivity contribution < 1.29 is 19.1 Å². The van der Waals surface area contributed by atoms with E-state index in [2.05, 4.69) is 5.32 Å². The summed E-state index contributed by atoms with van der Waals surface area (Å²) in [4.78, 5) is 23.5. The Morgan fingerprint density at radius 3 is 2.42 bits per heavy atom. The minimum Gasteiger partial charge on any atom is -0.478 e.